The van der Waals surface area contributed by atoms with Gasteiger partial charge in [-0.3, -0.25) is 4.79 Å². The Bertz CT molecular complexity index is 644. The molecule has 0 bridgehead atoms. The third-order valence-electron chi connectivity index (χ3n) is 3.53. The summed E-state index contributed by atoms with van der Waals surface area (Å²) in [6.07, 6.45) is 0.590. The lowest BCUT2D eigenvalue weighted by atomic mass is 9.90. The van der Waals surface area contributed by atoms with Gasteiger partial charge in [0.15, 0.2) is 5.78 Å². The molecule has 2 aromatic rings. The first-order valence-corrected chi connectivity index (χ1v) is 7.22. The van der Waals surface area contributed by atoms with Gasteiger partial charge < -0.3 is 15.1 Å². The molecule has 2 N–H and O–H groups in total. The summed E-state index contributed by atoms with van der Waals surface area (Å²) in [5.41, 5.74) is 1.24. The molecule has 0 aliphatic carbocycles. The van der Waals surface area contributed by atoms with Crippen molar-refractivity contribution < 1.29 is 15.0 Å². The number of benzene rings is 2. The highest BCUT2D eigenvalue weighted by molar-refractivity contribution is 6.00. The van der Waals surface area contributed by atoms with Gasteiger partial charge in [-0.15, -0.1) is 12.4 Å². The number of hydrogen-bond acceptors (Lipinski definition) is 4. The van der Waals surface area contributed by atoms with Gasteiger partial charge in [-0.25, -0.2) is 0 Å². The van der Waals surface area contributed by atoms with Crippen molar-refractivity contribution in [3.8, 4) is 11.5 Å². The van der Waals surface area contributed by atoms with Gasteiger partial charge in [0.1, 0.15) is 11.5 Å². The lowest BCUT2D eigenvalue weighted by Crippen LogP contribution is -2.29. The van der Waals surface area contributed by atoms with Crippen molar-refractivity contribution in [1.82, 2.24) is 4.90 Å². The number of carbonyl (C=O) groups excluding carboxylic acids is 1. The highest BCUT2D eigenvalue weighted by Gasteiger charge is 2.24. The van der Waals surface area contributed by atoms with Gasteiger partial charge in [0, 0.05) is 12.5 Å². The minimum absolute atomic E-state index is 0. The fourth-order valence-corrected chi connectivity index (χ4v) is 2.52. The van der Waals surface area contributed by atoms with Crippen LogP contribution in [0, 0.1) is 5.92 Å². The summed E-state index contributed by atoms with van der Waals surface area (Å²) in [5, 5.41) is 19.5. The lowest BCUT2D eigenvalue weighted by Gasteiger charge is -2.20. The van der Waals surface area contributed by atoms with Gasteiger partial charge in [-0.05, 0) is 44.3 Å². The van der Waals surface area contributed by atoms with E-state index in [9.17, 15) is 15.0 Å². The summed E-state index contributed by atoms with van der Waals surface area (Å²) >= 11 is 0. The third-order valence-corrected chi connectivity index (χ3v) is 3.53. The minimum atomic E-state index is -0.287. The van der Waals surface area contributed by atoms with Crippen LogP contribution in [0.3, 0.4) is 0 Å². The molecule has 2 aromatic carbocycles. The van der Waals surface area contributed by atoms with Gasteiger partial charge in [-0.2, -0.15) is 0 Å². The average Bonchev–Trinajstić information content (AvgIpc) is 2.49. The summed E-state index contributed by atoms with van der Waals surface area (Å²) in [6, 6.07) is 13.8. The molecule has 1 atom stereocenters. The van der Waals surface area contributed by atoms with E-state index in [0.29, 0.717) is 13.0 Å². The van der Waals surface area contributed by atoms with Gasteiger partial charge in [0.2, 0.25) is 0 Å². The fourth-order valence-electron chi connectivity index (χ4n) is 2.52. The van der Waals surface area contributed by atoms with Crippen LogP contribution < -0.4 is 0 Å². The Balaban J connectivity index is 0.00000264. The van der Waals surface area contributed by atoms with Crippen LogP contribution >= 0.6 is 12.4 Å². The molecule has 1 unspecified atom stereocenters. The molecule has 0 spiro atoms. The molecule has 0 heterocycles. The molecular formula is C18H22ClNO3. The van der Waals surface area contributed by atoms with Crippen LogP contribution in [0.4, 0.5) is 0 Å². The number of phenolic OH excluding ortho intramolecular Hbond substituents is 2. The van der Waals surface area contributed by atoms with Crippen LogP contribution in [0.25, 0.3) is 0 Å². The highest BCUT2D eigenvalue weighted by atomic mass is 35.5. The summed E-state index contributed by atoms with van der Waals surface area (Å²) < 4.78 is 0. The molecule has 0 saturated heterocycles. The van der Waals surface area contributed by atoms with E-state index in [4.69, 9.17) is 0 Å². The van der Waals surface area contributed by atoms with Crippen molar-refractivity contribution in [2.45, 2.75) is 6.42 Å². The van der Waals surface area contributed by atoms with E-state index in [1.807, 2.05) is 49.3 Å². The van der Waals surface area contributed by atoms with Crippen LogP contribution in [0.5, 0.6) is 11.5 Å². The summed E-state index contributed by atoms with van der Waals surface area (Å²) in [4.78, 5) is 14.7. The number of halogens is 1. The van der Waals surface area contributed by atoms with E-state index in [-0.39, 0.29) is 41.2 Å². The van der Waals surface area contributed by atoms with Gasteiger partial charge in [0.25, 0.3) is 0 Å². The molecule has 124 valence electrons. The predicted octanol–water partition coefficient (Wildman–Crippen LogP) is 3.12. The summed E-state index contributed by atoms with van der Waals surface area (Å²) in [6.45, 7) is 0.572. The average molecular weight is 336 g/mol. The fraction of sp³-hybridized carbons (Fsp3) is 0.278. The SMILES string of the molecule is CN(C)CC(Cc1ccccc1)C(=O)c1cc(O)ccc1O.Cl. The second-order valence-corrected chi connectivity index (χ2v) is 5.71. The minimum Gasteiger partial charge on any atom is -0.508 e. The summed E-state index contributed by atoms with van der Waals surface area (Å²) in [5.74, 6) is -0.569. The zero-order valence-corrected chi connectivity index (χ0v) is 14.1. The smallest absolute Gasteiger partial charge is 0.171 e. The highest BCUT2D eigenvalue weighted by Crippen LogP contribution is 2.26. The molecule has 0 aliphatic rings. The number of nitrogens with zero attached hydrogens (tertiary/aromatic N) is 1. The number of ketones is 1. The van der Waals surface area contributed by atoms with Gasteiger partial charge in [0.05, 0.1) is 5.56 Å². The first-order valence-electron chi connectivity index (χ1n) is 7.22. The molecule has 0 fully saturated rings. The first-order chi connectivity index (χ1) is 10.5. The van der Waals surface area contributed by atoms with Crippen molar-refractivity contribution in [2.24, 2.45) is 5.92 Å². The number of rotatable bonds is 6. The van der Waals surface area contributed by atoms with Crippen LogP contribution in [-0.2, 0) is 6.42 Å². The Morgan fingerprint density at radius 1 is 1.09 bits per heavy atom. The molecule has 0 aliphatic heterocycles. The van der Waals surface area contributed by atoms with Crippen molar-refractivity contribution in [2.75, 3.05) is 20.6 Å². The second-order valence-electron chi connectivity index (χ2n) is 5.71. The Labute approximate surface area is 142 Å². The van der Waals surface area contributed by atoms with E-state index in [2.05, 4.69) is 0 Å². The third kappa shape index (κ3) is 5.27. The maximum Gasteiger partial charge on any atom is 0.171 e. The summed E-state index contributed by atoms with van der Waals surface area (Å²) in [7, 11) is 3.82. The van der Waals surface area contributed by atoms with Crippen molar-refractivity contribution in [3.05, 3.63) is 59.7 Å². The number of carbonyl (C=O) groups is 1. The van der Waals surface area contributed by atoms with Crippen molar-refractivity contribution >= 4 is 18.2 Å². The number of aromatic hydroxyl groups is 2. The van der Waals surface area contributed by atoms with Crippen LogP contribution in [-0.4, -0.2) is 41.5 Å². The quantitative estimate of drug-likeness (QED) is 0.629. The molecule has 4 nitrogen and oxygen atoms in total. The van der Waals surface area contributed by atoms with Gasteiger partial charge in [-0.1, -0.05) is 30.3 Å². The Kier molecular flexibility index (Phi) is 7.07. The second kappa shape index (κ2) is 8.56. The molecule has 0 saturated carbocycles. The Morgan fingerprint density at radius 3 is 2.35 bits per heavy atom. The van der Waals surface area contributed by atoms with Crippen LogP contribution in [0.1, 0.15) is 15.9 Å². The van der Waals surface area contributed by atoms with E-state index < -0.39 is 0 Å². The van der Waals surface area contributed by atoms with E-state index >= 15 is 0 Å². The van der Waals surface area contributed by atoms with Crippen LogP contribution in [0.2, 0.25) is 0 Å². The maximum atomic E-state index is 12.8. The van der Waals surface area contributed by atoms with Gasteiger partial charge >= 0.3 is 0 Å². The normalized spacial score (nSPS) is 11.8. The number of Topliss-reactive ketones (excluding diaryl/α,β-unsaturated/α-hetero) is 1. The first kappa shape index (κ1) is 19.0. The standard InChI is InChI=1S/C18H21NO3.ClH/c1-19(2)12-14(10-13-6-4-3-5-7-13)18(22)16-11-15(20)8-9-17(16)21;/h3-9,11,14,20-21H,10,12H2,1-2H3;1H. The molecule has 23 heavy (non-hydrogen) atoms. The topological polar surface area (TPSA) is 60.8 Å². The molecule has 2 rings (SSSR count). The van der Waals surface area contributed by atoms with Crippen LogP contribution in [0.15, 0.2) is 48.5 Å². The monoisotopic (exact) mass is 335 g/mol. The Hall–Kier alpha value is -2.04. The molecule has 5 heteroatoms. The van der Waals surface area contributed by atoms with E-state index in [1.54, 1.807) is 0 Å². The molecule has 0 radical (unpaired) electrons. The van der Waals surface area contributed by atoms with E-state index in [1.165, 1.54) is 18.2 Å². The lowest BCUT2D eigenvalue weighted by molar-refractivity contribution is 0.0893. The van der Waals surface area contributed by atoms with E-state index in [0.717, 1.165) is 5.56 Å². The maximum absolute atomic E-state index is 12.8. The Morgan fingerprint density at radius 2 is 1.74 bits per heavy atom. The predicted molar refractivity (Wildman–Crippen MR) is 93.5 cm³/mol. The zero-order chi connectivity index (χ0) is 16.1. The van der Waals surface area contributed by atoms with Crippen molar-refractivity contribution in [1.29, 1.82) is 0 Å². The zero-order valence-electron chi connectivity index (χ0n) is 13.3. The van der Waals surface area contributed by atoms with Crippen molar-refractivity contribution in [3.63, 3.8) is 0 Å². The largest absolute Gasteiger partial charge is 0.508 e. The molecule has 0 amide bonds. The molecular weight excluding hydrogens is 314 g/mol. The number of hydrogen-bond donors (Lipinski definition) is 2. The molecule has 0 aromatic heterocycles. The number of phenols is 2.